The highest BCUT2D eigenvalue weighted by Crippen LogP contribution is 2.25. The molecule has 1 aromatic carbocycles. The van der Waals surface area contributed by atoms with E-state index >= 15 is 0 Å². The molecule has 1 saturated heterocycles. The van der Waals surface area contributed by atoms with E-state index in [9.17, 15) is 4.79 Å². The lowest BCUT2D eigenvalue weighted by atomic mass is 10.1. The average Bonchev–Trinajstić information content (AvgIpc) is 3.13. The van der Waals surface area contributed by atoms with Gasteiger partial charge in [0.2, 0.25) is 5.78 Å². The first kappa shape index (κ1) is 11.8. The van der Waals surface area contributed by atoms with Gasteiger partial charge in [0.15, 0.2) is 0 Å². The van der Waals surface area contributed by atoms with E-state index in [1.165, 1.54) is 0 Å². The third-order valence-corrected chi connectivity index (χ3v) is 2.59. The minimum atomic E-state index is -0.179. The molecular formula is C14H14O3. The number of aliphatic hydroxyl groups excluding tert-OH is 1. The van der Waals surface area contributed by atoms with E-state index in [1.807, 2.05) is 18.2 Å². The second kappa shape index (κ2) is 5.62. The fourth-order valence-electron chi connectivity index (χ4n) is 1.58. The Morgan fingerprint density at radius 3 is 2.82 bits per heavy atom. The largest absolute Gasteiger partial charge is 0.396 e. The molecule has 0 saturated carbocycles. The average molecular weight is 230 g/mol. The van der Waals surface area contributed by atoms with Crippen molar-refractivity contribution in [2.24, 2.45) is 0 Å². The first-order valence-electron chi connectivity index (χ1n) is 5.68. The molecular weight excluding hydrogens is 216 g/mol. The topological polar surface area (TPSA) is 49.8 Å². The zero-order valence-corrected chi connectivity index (χ0v) is 9.43. The summed E-state index contributed by atoms with van der Waals surface area (Å²) in [7, 11) is 0. The number of Topliss-reactive ketones (excluding diaryl/α,β-unsaturated/α-hetero) is 1. The molecule has 1 fully saturated rings. The molecule has 1 heterocycles. The van der Waals surface area contributed by atoms with Crippen LogP contribution in [0.15, 0.2) is 30.3 Å². The molecule has 0 aromatic heterocycles. The molecule has 2 unspecified atom stereocenters. The van der Waals surface area contributed by atoms with E-state index in [0.29, 0.717) is 5.56 Å². The minimum absolute atomic E-state index is 0.0956. The molecule has 2 atom stereocenters. The van der Waals surface area contributed by atoms with Gasteiger partial charge >= 0.3 is 0 Å². The van der Waals surface area contributed by atoms with E-state index in [-0.39, 0.29) is 24.6 Å². The Kier molecular flexibility index (Phi) is 3.92. The predicted octanol–water partition coefficient (Wildman–Crippen LogP) is 1.41. The maximum absolute atomic E-state index is 11.6. The van der Waals surface area contributed by atoms with Gasteiger partial charge in [0.05, 0.1) is 6.10 Å². The van der Waals surface area contributed by atoms with E-state index in [1.54, 1.807) is 12.1 Å². The van der Waals surface area contributed by atoms with E-state index < -0.39 is 0 Å². The van der Waals surface area contributed by atoms with Gasteiger partial charge in [0, 0.05) is 12.2 Å². The van der Waals surface area contributed by atoms with Crippen LogP contribution in [0.1, 0.15) is 23.2 Å². The number of epoxide rings is 1. The monoisotopic (exact) mass is 230 g/mol. The molecule has 3 heteroatoms. The molecule has 1 aliphatic heterocycles. The number of hydrogen-bond donors (Lipinski definition) is 1. The number of benzene rings is 1. The summed E-state index contributed by atoms with van der Waals surface area (Å²) in [5.74, 6) is 5.22. The van der Waals surface area contributed by atoms with E-state index in [4.69, 9.17) is 9.84 Å². The molecule has 3 nitrogen and oxygen atoms in total. The van der Waals surface area contributed by atoms with Crippen LogP contribution >= 0.6 is 0 Å². The minimum Gasteiger partial charge on any atom is -0.396 e. The maximum Gasteiger partial charge on any atom is 0.235 e. The van der Waals surface area contributed by atoms with Gasteiger partial charge in [0.25, 0.3) is 0 Å². The molecule has 1 aromatic rings. The SMILES string of the molecule is O=C(C#CC1OC1CCCO)c1ccccc1. The van der Waals surface area contributed by atoms with Crippen molar-refractivity contribution in [3.63, 3.8) is 0 Å². The lowest BCUT2D eigenvalue weighted by molar-refractivity contribution is 0.105. The Labute approximate surface area is 100 Å². The van der Waals surface area contributed by atoms with Crippen LogP contribution in [-0.2, 0) is 4.74 Å². The van der Waals surface area contributed by atoms with Gasteiger partial charge < -0.3 is 9.84 Å². The van der Waals surface area contributed by atoms with Gasteiger partial charge in [0.1, 0.15) is 6.10 Å². The van der Waals surface area contributed by atoms with Crippen molar-refractivity contribution < 1.29 is 14.6 Å². The van der Waals surface area contributed by atoms with Crippen molar-refractivity contribution in [2.45, 2.75) is 25.0 Å². The second-order valence-corrected chi connectivity index (χ2v) is 3.93. The lowest BCUT2D eigenvalue weighted by Gasteiger charge is -1.90. The van der Waals surface area contributed by atoms with Crippen LogP contribution in [-0.4, -0.2) is 29.7 Å². The summed E-state index contributed by atoms with van der Waals surface area (Å²) in [6.45, 7) is 0.170. The maximum atomic E-state index is 11.6. The van der Waals surface area contributed by atoms with Gasteiger partial charge in [-0.15, -0.1) is 0 Å². The van der Waals surface area contributed by atoms with Crippen molar-refractivity contribution >= 4 is 5.78 Å². The molecule has 2 rings (SSSR count). The zero-order chi connectivity index (χ0) is 12.1. The van der Waals surface area contributed by atoms with Gasteiger partial charge in [-0.2, -0.15) is 0 Å². The van der Waals surface area contributed by atoms with Gasteiger partial charge in [-0.25, -0.2) is 0 Å². The van der Waals surface area contributed by atoms with Crippen molar-refractivity contribution in [3.8, 4) is 11.8 Å². The highest BCUT2D eigenvalue weighted by molar-refractivity contribution is 6.09. The summed E-state index contributed by atoms with van der Waals surface area (Å²) in [5, 5.41) is 8.65. The number of ether oxygens (including phenoxy) is 1. The fraction of sp³-hybridized carbons (Fsp3) is 0.357. The number of carbonyl (C=O) groups is 1. The number of ketones is 1. The molecule has 0 aliphatic carbocycles. The molecule has 0 spiro atoms. The number of aliphatic hydroxyl groups is 1. The highest BCUT2D eigenvalue weighted by atomic mass is 16.6. The quantitative estimate of drug-likeness (QED) is 0.368. The van der Waals surface area contributed by atoms with Crippen LogP contribution in [0, 0.1) is 11.8 Å². The Morgan fingerprint density at radius 1 is 1.35 bits per heavy atom. The summed E-state index contributed by atoms with van der Waals surface area (Å²) < 4.78 is 5.27. The summed E-state index contributed by atoms with van der Waals surface area (Å²) in [5.41, 5.74) is 0.604. The fourth-order valence-corrected chi connectivity index (χ4v) is 1.58. The van der Waals surface area contributed by atoms with Crippen molar-refractivity contribution in [2.75, 3.05) is 6.61 Å². The van der Waals surface area contributed by atoms with Crippen LogP contribution in [0.25, 0.3) is 0 Å². The normalized spacial score (nSPS) is 21.5. The summed E-state index contributed by atoms with van der Waals surface area (Å²) in [6, 6.07) is 8.97. The Bertz CT molecular complexity index is 442. The third-order valence-electron chi connectivity index (χ3n) is 2.59. The zero-order valence-electron chi connectivity index (χ0n) is 9.43. The number of rotatable bonds is 4. The van der Waals surface area contributed by atoms with Crippen molar-refractivity contribution in [3.05, 3.63) is 35.9 Å². The standard InChI is InChI=1S/C14H14O3/c15-10-4-7-13-14(17-13)9-8-12(16)11-5-2-1-3-6-11/h1-3,5-6,13-15H,4,7,10H2. The predicted molar refractivity (Wildman–Crippen MR) is 63.5 cm³/mol. The Hall–Kier alpha value is -1.63. The van der Waals surface area contributed by atoms with E-state index in [0.717, 1.165) is 12.8 Å². The van der Waals surface area contributed by atoms with Gasteiger partial charge in [-0.3, -0.25) is 4.79 Å². The molecule has 1 N–H and O–H groups in total. The first-order chi connectivity index (χ1) is 8.31. The molecule has 0 amide bonds. The molecule has 88 valence electrons. The van der Waals surface area contributed by atoms with Crippen LogP contribution in [0.2, 0.25) is 0 Å². The van der Waals surface area contributed by atoms with Crippen molar-refractivity contribution in [1.29, 1.82) is 0 Å². The third kappa shape index (κ3) is 3.42. The first-order valence-corrected chi connectivity index (χ1v) is 5.68. The molecule has 17 heavy (non-hydrogen) atoms. The van der Waals surface area contributed by atoms with E-state index in [2.05, 4.69) is 11.8 Å². The second-order valence-electron chi connectivity index (χ2n) is 3.93. The van der Waals surface area contributed by atoms with Crippen LogP contribution in [0.4, 0.5) is 0 Å². The summed E-state index contributed by atoms with van der Waals surface area (Å²) in [4.78, 5) is 11.6. The lowest BCUT2D eigenvalue weighted by Crippen LogP contribution is -1.97. The smallest absolute Gasteiger partial charge is 0.235 e. The number of hydrogen-bond acceptors (Lipinski definition) is 3. The van der Waals surface area contributed by atoms with Crippen LogP contribution in [0.5, 0.6) is 0 Å². The highest BCUT2D eigenvalue weighted by Gasteiger charge is 2.36. The summed E-state index contributed by atoms with van der Waals surface area (Å²) in [6.07, 6.45) is 1.48. The Balaban J connectivity index is 1.85. The molecule has 0 bridgehead atoms. The molecule has 1 aliphatic rings. The molecule has 0 radical (unpaired) electrons. The van der Waals surface area contributed by atoms with Crippen LogP contribution < -0.4 is 0 Å². The number of carbonyl (C=O) groups excluding carboxylic acids is 1. The Morgan fingerprint density at radius 2 is 2.12 bits per heavy atom. The summed E-state index contributed by atoms with van der Waals surface area (Å²) >= 11 is 0. The van der Waals surface area contributed by atoms with Crippen LogP contribution in [0.3, 0.4) is 0 Å². The van der Waals surface area contributed by atoms with Gasteiger partial charge in [-0.05, 0) is 18.8 Å². The van der Waals surface area contributed by atoms with Gasteiger partial charge in [-0.1, -0.05) is 36.3 Å². The van der Waals surface area contributed by atoms with Crippen molar-refractivity contribution in [1.82, 2.24) is 0 Å².